The van der Waals surface area contributed by atoms with Crippen LogP contribution in [0.15, 0.2) is 35.2 Å². The SMILES string of the molecule is COc1ccccc1C(=O)NC(=O)COC(=O)[C@@H](C)NS(=O)(=O)c1c(C)c(C)cc(C)c1C. The molecule has 0 bridgehead atoms. The average Bonchev–Trinajstić information content (AvgIpc) is 2.75. The lowest BCUT2D eigenvalue weighted by molar-refractivity contribution is -0.149. The highest BCUT2D eigenvalue weighted by Crippen LogP contribution is 2.26. The first-order valence-electron chi connectivity index (χ1n) is 10.1. The largest absolute Gasteiger partial charge is 0.496 e. The Balaban J connectivity index is 2.01. The minimum Gasteiger partial charge on any atom is -0.496 e. The molecule has 0 heterocycles. The zero-order valence-corrected chi connectivity index (χ0v) is 20.3. The van der Waals surface area contributed by atoms with Crippen LogP contribution in [0.3, 0.4) is 0 Å². The summed E-state index contributed by atoms with van der Waals surface area (Å²) in [4.78, 5) is 36.7. The van der Waals surface area contributed by atoms with Gasteiger partial charge in [-0.1, -0.05) is 18.2 Å². The molecule has 10 heteroatoms. The number of carbonyl (C=O) groups excluding carboxylic acids is 3. The number of sulfonamides is 1. The molecule has 2 aromatic rings. The van der Waals surface area contributed by atoms with Gasteiger partial charge in [0.25, 0.3) is 11.8 Å². The minimum absolute atomic E-state index is 0.111. The van der Waals surface area contributed by atoms with E-state index in [0.717, 1.165) is 11.1 Å². The number of aryl methyl sites for hydroxylation is 2. The molecule has 33 heavy (non-hydrogen) atoms. The van der Waals surface area contributed by atoms with E-state index in [0.29, 0.717) is 11.1 Å². The predicted octanol–water partition coefficient (Wildman–Crippen LogP) is 2.10. The zero-order valence-electron chi connectivity index (χ0n) is 19.4. The van der Waals surface area contributed by atoms with Gasteiger partial charge in [0.15, 0.2) is 6.61 Å². The maximum absolute atomic E-state index is 12.9. The second-order valence-corrected chi connectivity index (χ2v) is 9.27. The molecule has 0 aliphatic carbocycles. The standard InChI is InChI=1S/C23H28N2O7S/c1-13-11-14(2)16(4)21(15(13)3)33(29,30)25-17(5)23(28)32-12-20(26)24-22(27)18-9-7-8-10-19(18)31-6/h7-11,17,25H,12H2,1-6H3,(H,24,26,27)/t17-/m1/s1. The summed E-state index contributed by atoms with van der Waals surface area (Å²) >= 11 is 0. The quantitative estimate of drug-likeness (QED) is 0.559. The number of hydrogen-bond donors (Lipinski definition) is 2. The van der Waals surface area contributed by atoms with Gasteiger partial charge in [0.1, 0.15) is 11.8 Å². The third kappa shape index (κ3) is 6.17. The highest BCUT2D eigenvalue weighted by atomic mass is 32.2. The lowest BCUT2D eigenvalue weighted by Gasteiger charge is -2.18. The Hall–Kier alpha value is -3.24. The van der Waals surface area contributed by atoms with Crippen molar-refractivity contribution >= 4 is 27.8 Å². The number of benzene rings is 2. The summed E-state index contributed by atoms with van der Waals surface area (Å²) in [6.45, 7) is 7.57. The molecule has 0 fully saturated rings. The van der Waals surface area contributed by atoms with Crippen LogP contribution >= 0.6 is 0 Å². The van der Waals surface area contributed by atoms with Crippen LogP contribution in [0.2, 0.25) is 0 Å². The molecular weight excluding hydrogens is 448 g/mol. The van der Waals surface area contributed by atoms with E-state index in [1.807, 2.05) is 19.9 Å². The van der Waals surface area contributed by atoms with E-state index in [4.69, 9.17) is 9.47 Å². The van der Waals surface area contributed by atoms with Crippen LogP contribution in [0, 0.1) is 27.7 Å². The number of hydrogen-bond acceptors (Lipinski definition) is 7. The van der Waals surface area contributed by atoms with Crippen molar-refractivity contribution < 1.29 is 32.3 Å². The molecule has 0 spiro atoms. The Labute approximate surface area is 193 Å². The van der Waals surface area contributed by atoms with Gasteiger partial charge in [-0.3, -0.25) is 19.7 Å². The number of amides is 2. The van der Waals surface area contributed by atoms with Gasteiger partial charge in [-0.25, -0.2) is 8.42 Å². The van der Waals surface area contributed by atoms with Gasteiger partial charge in [-0.05, 0) is 69.0 Å². The fraction of sp³-hybridized carbons (Fsp3) is 0.348. The van der Waals surface area contributed by atoms with Crippen LogP contribution in [0.1, 0.15) is 39.5 Å². The highest BCUT2D eigenvalue weighted by molar-refractivity contribution is 7.89. The number of carbonyl (C=O) groups is 3. The van der Waals surface area contributed by atoms with E-state index in [-0.39, 0.29) is 16.2 Å². The predicted molar refractivity (Wildman–Crippen MR) is 122 cm³/mol. The summed E-state index contributed by atoms with van der Waals surface area (Å²) in [6.07, 6.45) is 0. The van der Waals surface area contributed by atoms with Gasteiger partial charge in [0, 0.05) is 0 Å². The monoisotopic (exact) mass is 476 g/mol. The van der Waals surface area contributed by atoms with Gasteiger partial charge in [0.05, 0.1) is 17.6 Å². The normalized spacial score (nSPS) is 12.1. The van der Waals surface area contributed by atoms with Crippen molar-refractivity contribution in [2.24, 2.45) is 0 Å². The molecule has 9 nitrogen and oxygen atoms in total. The van der Waals surface area contributed by atoms with Crippen LogP contribution in [-0.4, -0.2) is 46.0 Å². The smallest absolute Gasteiger partial charge is 0.324 e. The molecule has 0 radical (unpaired) electrons. The Morgan fingerprint density at radius 3 is 2.15 bits per heavy atom. The van der Waals surface area contributed by atoms with E-state index < -0.39 is 40.5 Å². The number of para-hydroxylation sites is 1. The molecular formula is C23H28N2O7S. The van der Waals surface area contributed by atoms with Gasteiger partial charge in [-0.2, -0.15) is 4.72 Å². The molecule has 1 atom stereocenters. The first-order chi connectivity index (χ1) is 15.4. The summed E-state index contributed by atoms with van der Waals surface area (Å²) in [5.74, 6) is -2.27. The number of methoxy groups -OCH3 is 1. The Morgan fingerprint density at radius 1 is 1.00 bits per heavy atom. The molecule has 2 aromatic carbocycles. The molecule has 0 unspecified atom stereocenters. The maximum atomic E-state index is 12.9. The number of esters is 1. The van der Waals surface area contributed by atoms with E-state index in [9.17, 15) is 22.8 Å². The van der Waals surface area contributed by atoms with Crippen molar-refractivity contribution in [2.75, 3.05) is 13.7 Å². The molecule has 178 valence electrons. The molecule has 0 aliphatic rings. The number of imide groups is 1. The van der Waals surface area contributed by atoms with Gasteiger partial charge >= 0.3 is 5.97 Å². The van der Waals surface area contributed by atoms with Crippen molar-refractivity contribution in [2.45, 2.75) is 45.6 Å². The molecule has 2 N–H and O–H groups in total. The molecule has 0 saturated heterocycles. The van der Waals surface area contributed by atoms with Crippen molar-refractivity contribution in [3.05, 3.63) is 58.1 Å². The highest BCUT2D eigenvalue weighted by Gasteiger charge is 2.27. The van der Waals surface area contributed by atoms with Crippen LogP contribution in [-0.2, 0) is 24.3 Å². The summed E-state index contributed by atoms with van der Waals surface area (Å²) in [7, 11) is -2.64. The van der Waals surface area contributed by atoms with E-state index in [1.54, 1.807) is 32.0 Å². The van der Waals surface area contributed by atoms with Crippen molar-refractivity contribution in [3.8, 4) is 5.75 Å². The zero-order chi connectivity index (χ0) is 24.9. The van der Waals surface area contributed by atoms with Gasteiger partial charge < -0.3 is 9.47 Å². The summed E-state index contributed by atoms with van der Waals surface area (Å²) in [5.41, 5.74) is 2.93. The van der Waals surface area contributed by atoms with E-state index in [1.165, 1.54) is 20.1 Å². The number of rotatable bonds is 8. The van der Waals surface area contributed by atoms with Crippen LogP contribution in [0.5, 0.6) is 5.75 Å². The number of ether oxygens (including phenoxy) is 2. The van der Waals surface area contributed by atoms with Crippen LogP contribution in [0.25, 0.3) is 0 Å². The maximum Gasteiger partial charge on any atom is 0.324 e. The van der Waals surface area contributed by atoms with Crippen LogP contribution < -0.4 is 14.8 Å². The lowest BCUT2D eigenvalue weighted by atomic mass is 10.0. The minimum atomic E-state index is -4.03. The second-order valence-electron chi connectivity index (χ2n) is 7.62. The third-order valence-corrected chi connectivity index (χ3v) is 7.02. The molecule has 0 aromatic heterocycles. The molecule has 2 amide bonds. The van der Waals surface area contributed by atoms with Gasteiger partial charge in [0.2, 0.25) is 10.0 Å². The van der Waals surface area contributed by atoms with Crippen molar-refractivity contribution in [1.29, 1.82) is 0 Å². The fourth-order valence-corrected chi connectivity index (χ4v) is 5.06. The Bertz CT molecular complexity index is 1160. The molecule has 0 saturated carbocycles. The molecule has 0 aliphatic heterocycles. The topological polar surface area (TPSA) is 128 Å². The first kappa shape index (κ1) is 26.0. The second kappa shape index (κ2) is 10.6. The third-order valence-electron chi connectivity index (χ3n) is 5.20. The number of nitrogens with one attached hydrogen (secondary N) is 2. The average molecular weight is 477 g/mol. The summed E-state index contributed by atoms with van der Waals surface area (Å²) in [6, 6.07) is 6.95. The lowest BCUT2D eigenvalue weighted by Crippen LogP contribution is -2.42. The first-order valence-corrected chi connectivity index (χ1v) is 11.6. The summed E-state index contributed by atoms with van der Waals surface area (Å²) < 4.78 is 38.1. The van der Waals surface area contributed by atoms with E-state index >= 15 is 0 Å². The van der Waals surface area contributed by atoms with Crippen molar-refractivity contribution in [1.82, 2.24) is 10.0 Å². The van der Waals surface area contributed by atoms with Crippen LogP contribution in [0.4, 0.5) is 0 Å². The Kier molecular flexibility index (Phi) is 8.34. The Morgan fingerprint density at radius 2 is 1.58 bits per heavy atom. The van der Waals surface area contributed by atoms with E-state index in [2.05, 4.69) is 10.0 Å². The van der Waals surface area contributed by atoms with Gasteiger partial charge in [-0.15, -0.1) is 0 Å². The van der Waals surface area contributed by atoms with Crippen molar-refractivity contribution in [3.63, 3.8) is 0 Å². The summed E-state index contributed by atoms with van der Waals surface area (Å²) in [5, 5.41) is 2.09. The molecule has 2 rings (SSSR count). The fourth-order valence-electron chi connectivity index (χ4n) is 3.25.